The monoisotopic (exact) mass is 285 g/mol. The minimum atomic E-state index is 0.0344. The van der Waals surface area contributed by atoms with E-state index in [9.17, 15) is 5.11 Å². The van der Waals surface area contributed by atoms with E-state index in [0.717, 1.165) is 28.9 Å². The van der Waals surface area contributed by atoms with Crippen LogP contribution in [0.15, 0.2) is 30.5 Å². The number of pyridine rings is 1. The molecule has 2 rings (SSSR count). The maximum Gasteiger partial charge on any atom is 0.0685 e. The van der Waals surface area contributed by atoms with Crippen LogP contribution in [-0.2, 0) is 26.2 Å². The van der Waals surface area contributed by atoms with E-state index in [1.807, 2.05) is 31.3 Å². The van der Waals surface area contributed by atoms with Crippen LogP contribution in [0.2, 0.25) is 0 Å². The summed E-state index contributed by atoms with van der Waals surface area (Å²) < 4.78 is 0. The first kappa shape index (κ1) is 15.6. The van der Waals surface area contributed by atoms with Crippen molar-refractivity contribution in [3.05, 3.63) is 64.0 Å². The SMILES string of the molecule is Cc1cnc(CNCc2ccc(CN)cc2CO)c(C)c1. The number of rotatable bonds is 6. The van der Waals surface area contributed by atoms with Crippen molar-refractivity contribution in [3.63, 3.8) is 0 Å². The highest BCUT2D eigenvalue weighted by Gasteiger charge is 2.04. The molecule has 0 aliphatic heterocycles. The molecule has 0 amide bonds. The van der Waals surface area contributed by atoms with E-state index in [1.165, 1.54) is 11.1 Å². The van der Waals surface area contributed by atoms with Gasteiger partial charge in [-0.25, -0.2) is 0 Å². The van der Waals surface area contributed by atoms with Gasteiger partial charge >= 0.3 is 0 Å². The average Bonchev–Trinajstić information content (AvgIpc) is 2.49. The van der Waals surface area contributed by atoms with Gasteiger partial charge < -0.3 is 16.2 Å². The molecule has 4 N–H and O–H groups in total. The molecule has 0 aliphatic rings. The van der Waals surface area contributed by atoms with Gasteiger partial charge in [0.15, 0.2) is 0 Å². The van der Waals surface area contributed by atoms with Crippen molar-refractivity contribution in [2.24, 2.45) is 5.73 Å². The lowest BCUT2D eigenvalue weighted by Crippen LogP contribution is -2.16. The molecule has 1 aromatic carbocycles. The summed E-state index contributed by atoms with van der Waals surface area (Å²) in [7, 11) is 0. The zero-order valence-corrected chi connectivity index (χ0v) is 12.7. The molecule has 0 atom stereocenters. The molecule has 21 heavy (non-hydrogen) atoms. The first-order valence-corrected chi connectivity index (χ1v) is 7.18. The molecule has 1 heterocycles. The first-order valence-electron chi connectivity index (χ1n) is 7.18. The van der Waals surface area contributed by atoms with E-state index in [1.54, 1.807) is 0 Å². The molecule has 0 radical (unpaired) electrons. The number of nitrogens with zero attached hydrogens (tertiary/aromatic N) is 1. The topological polar surface area (TPSA) is 71.2 Å². The van der Waals surface area contributed by atoms with Crippen LogP contribution in [-0.4, -0.2) is 10.1 Å². The summed E-state index contributed by atoms with van der Waals surface area (Å²) in [4.78, 5) is 4.45. The predicted octanol–water partition coefficient (Wildman–Crippen LogP) is 1.94. The van der Waals surface area contributed by atoms with Gasteiger partial charge in [-0.3, -0.25) is 4.98 Å². The minimum Gasteiger partial charge on any atom is -0.392 e. The summed E-state index contributed by atoms with van der Waals surface area (Å²) in [6, 6.07) is 8.13. The number of aromatic nitrogens is 1. The number of aryl methyl sites for hydroxylation is 2. The normalized spacial score (nSPS) is 10.9. The zero-order valence-electron chi connectivity index (χ0n) is 12.7. The van der Waals surface area contributed by atoms with E-state index in [0.29, 0.717) is 13.1 Å². The summed E-state index contributed by atoms with van der Waals surface area (Å²) in [5.41, 5.74) is 12.1. The van der Waals surface area contributed by atoms with E-state index in [-0.39, 0.29) is 6.61 Å². The van der Waals surface area contributed by atoms with Crippen LogP contribution in [0.3, 0.4) is 0 Å². The molecule has 0 unspecified atom stereocenters. The maximum atomic E-state index is 9.45. The van der Waals surface area contributed by atoms with Gasteiger partial charge in [-0.2, -0.15) is 0 Å². The molecule has 0 saturated carbocycles. The van der Waals surface area contributed by atoms with Gasteiger partial charge in [0.25, 0.3) is 0 Å². The second kappa shape index (κ2) is 7.31. The van der Waals surface area contributed by atoms with E-state index >= 15 is 0 Å². The Morgan fingerprint density at radius 3 is 2.62 bits per heavy atom. The standard InChI is InChI=1S/C17H23N3O/c1-12-5-13(2)17(20-8-12)10-19-9-15-4-3-14(7-18)6-16(15)11-21/h3-6,8,19,21H,7,9-11,18H2,1-2H3. The second-order valence-corrected chi connectivity index (χ2v) is 5.35. The van der Waals surface area contributed by atoms with E-state index in [4.69, 9.17) is 5.73 Å². The smallest absolute Gasteiger partial charge is 0.0685 e. The van der Waals surface area contributed by atoms with Crippen LogP contribution in [0.25, 0.3) is 0 Å². The molecular weight excluding hydrogens is 262 g/mol. The van der Waals surface area contributed by atoms with Crippen molar-refractivity contribution in [1.29, 1.82) is 0 Å². The third-order valence-electron chi connectivity index (χ3n) is 3.61. The van der Waals surface area contributed by atoms with Gasteiger partial charge in [0.2, 0.25) is 0 Å². The number of hydrogen-bond donors (Lipinski definition) is 3. The Morgan fingerprint density at radius 2 is 1.95 bits per heavy atom. The number of aliphatic hydroxyl groups is 1. The van der Waals surface area contributed by atoms with Gasteiger partial charge in [-0.1, -0.05) is 24.3 Å². The van der Waals surface area contributed by atoms with Crippen LogP contribution in [0.1, 0.15) is 33.5 Å². The largest absolute Gasteiger partial charge is 0.392 e. The van der Waals surface area contributed by atoms with Gasteiger partial charge in [-0.15, -0.1) is 0 Å². The van der Waals surface area contributed by atoms with Gasteiger partial charge in [0, 0.05) is 25.8 Å². The maximum absolute atomic E-state index is 9.45. The molecule has 0 aliphatic carbocycles. The molecule has 0 saturated heterocycles. The van der Waals surface area contributed by atoms with E-state index in [2.05, 4.69) is 23.3 Å². The molecule has 4 nitrogen and oxygen atoms in total. The number of nitrogens with one attached hydrogen (secondary N) is 1. The average molecular weight is 285 g/mol. The van der Waals surface area contributed by atoms with Crippen molar-refractivity contribution in [3.8, 4) is 0 Å². The zero-order chi connectivity index (χ0) is 15.2. The third kappa shape index (κ3) is 4.11. The quantitative estimate of drug-likeness (QED) is 0.758. The molecule has 1 aromatic heterocycles. The fourth-order valence-corrected chi connectivity index (χ4v) is 2.37. The Balaban J connectivity index is 2.00. The summed E-state index contributed by atoms with van der Waals surface area (Å²) in [6.07, 6.45) is 1.89. The molecule has 4 heteroatoms. The number of aliphatic hydroxyl groups excluding tert-OH is 1. The lowest BCUT2D eigenvalue weighted by Gasteiger charge is -2.11. The second-order valence-electron chi connectivity index (χ2n) is 5.35. The van der Waals surface area contributed by atoms with E-state index < -0.39 is 0 Å². The Labute approximate surface area is 126 Å². The molecule has 0 fully saturated rings. The Morgan fingerprint density at radius 1 is 1.14 bits per heavy atom. The number of nitrogens with two attached hydrogens (primary N) is 1. The molecule has 2 aromatic rings. The Hall–Kier alpha value is -1.75. The molecular formula is C17H23N3O. The lowest BCUT2D eigenvalue weighted by atomic mass is 10.0. The van der Waals surface area contributed by atoms with Crippen LogP contribution in [0.4, 0.5) is 0 Å². The Kier molecular flexibility index (Phi) is 5.44. The fraction of sp³-hybridized carbons (Fsp3) is 0.353. The van der Waals surface area contributed by atoms with Crippen LogP contribution >= 0.6 is 0 Å². The first-order chi connectivity index (χ1) is 10.1. The molecule has 112 valence electrons. The summed E-state index contributed by atoms with van der Waals surface area (Å²) >= 11 is 0. The predicted molar refractivity (Wildman–Crippen MR) is 84.5 cm³/mol. The van der Waals surface area contributed by atoms with Crippen molar-refractivity contribution in [2.75, 3.05) is 0 Å². The molecule has 0 spiro atoms. The summed E-state index contributed by atoms with van der Waals surface area (Å²) in [5.74, 6) is 0. The van der Waals surface area contributed by atoms with Crippen molar-refractivity contribution in [1.82, 2.24) is 10.3 Å². The van der Waals surface area contributed by atoms with Crippen molar-refractivity contribution in [2.45, 2.75) is 40.1 Å². The van der Waals surface area contributed by atoms with Gasteiger partial charge in [-0.05, 0) is 41.7 Å². The van der Waals surface area contributed by atoms with Gasteiger partial charge in [0.05, 0.1) is 12.3 Å². The van der Waals surface area contributed by atoms with Gasteiger partial charge in [0.1, 0.15) is 0 Å². The highest BCUT2D eigenvalue weighted by atomic mass is 16.3. The highest BCUT2D eigenvalue weighted by Crippen LogP contribution is 2.13. The highest BCUT2D eigenvalue weighted by molar-refractivity contribution is 5.32. The number of benzene rings is 1. The third-order valence-corrected chi connectivity index (χ3v) is 3.61. The summed E-state index contributed by atoms with van der Waals surface area (Å²) in [6.45, 7) is 6.07. The fourth-order valence-electron chi connectivity index (χ4n) is 2.37. The van der Waals surface area contributed by atoms with Crippen LogP contribution in [0.5, 0.6) is 0 Å². The molecule has 0 bridgehead atoms. The number of hydrogen-bond acceptors (Lipinski definition) is 4. The summed E-state index contributed by atoms with van der Waals surface area (Å²) in [5, 5.41) is 12.8. The Bertz CT molecular complexity index is 611. The van der Waals surface area contributed by atoms with Crippen molar-refractivity contribution >= 4 is 0 Å². The van der Waals surface area contributed by atoms with Crippen LogP contribution < -0.4 is 11.1 Å². The minimum absolute atomic E-state index is 0.0344. The van der Waals surface area contributed by atoms with Crippen LogP contribution in [0, 0.1) is 13.8 Å². The van der Waals surface area contributed by atoms with Crippen molar-refractivity contribution < 1.29 is 5.11 Å². The lowest BCUT2D eigenvalue weighted by molar-refractivity contribution is 0.280.